The van der Waals surface area contributed by atoms with Crippen molar-refractivity contribution in [2.45, 2.75) is 25.6 Å². The number of hydrogen-bond acceptors (Lipinski definition) is 3. The van der Waals surface area contributed by atoms with Gasteiger partial charge in [-0.15, -0.1) is 0 Å². The van der Waals surface area contributed by atoms with Crippen LogP contribution in [0, 0.1) is 0 Å². The van der Waals surface area contributed by atoms with Gasteiger partial charge in [-0.25, -0.2) is 0 Å². The van der Waals surface area contributed by atoms with Crippen molar-refractivity contribution in [1.29, 1.82) is 0 Å². The molecule has 0 aliphatic heterocycles. The van der Waals surface area contributed by atoms with E-state index in [1.165, 1.54) is 6.07 Å². The molecule has 1 unspecified atom stereocenters. The Hall–Kier alpha value is -1.37. The minimum atomic E-state index is -4.56. The van der Waals surface area contributed by atoms with Gasteiger partial charge in [-0.05, 0) is 43.6 Å². The molecule has 1 atom stereocenters. The van der Waals surface area contributed by atoms with Crippen molar-refractivity contribution in [3.8, 4) is 0 Å². The van der Waals surface area contributed by atoms with Crippen molar-refractivity contribution in [3.63, 3.8) is 0 Å². The van der Waals surface area contributed by atoms with Crippen LogP contribution in [0.5, 0.6) is 0 Å². The van der Waals surface area contributed by atoms with Gasteiger partial charge in [0.25, 0.3) is 5.91 Å². The molecule has 0 heterocycles. The quantitative estimate of drug-likeness (QED) is 0.822. The summed E-state index contributed by atoms with van der Waals surface area (Å²) >= 11 is 1.64. The number of alkyl halides is 3. The fourth-order valence-electron chi connectivity index (χ4n) is 1.62. The predicted molar refractivity (Wildman–Crippen MR) is 75.8 cm³/mol. The summed E-state index contributed by atoms with van der Waals surface area (Å²) in [6.45, 7) is 1.82. The minimum absolute atomic E-state index is 0.0393. The Bertz CT molecular complexity index is 477. The van der Waals surface area contributed by atoms with Crippen LogP contribution in [0.15, 0.2) is 18.2 Å². The number of rotatable bonds is 5. The Kier molecular flexibility index (Phi) is 5.74. The molecular formula is C13H17F3N2OS. The largest absolute Gasteiger partial charge is 0.418 e. The monoisotopic (exact) mass is 306 g/mol. The van der Waals surface area contributed by atoms with Gasteiger partial charge in [0, 0.05) is 17.3 Å². The molecule has 112 valence electrons. The number of carbonyl (C=O) groups excluding carboxylic acids is 1. The molecule has 0 bridgehead atoms. The number of halogens is 3. The van der Waals surface area contributed by atoms with E-state index in [4.69, 9.17) is 5.73 Å². The van der Waals surface area contributed by atoms with Crippen LogP contribution < -0.4 is 11.1 Å². The highest BCUT2D eigenvalue weighted by Gasteiger charge is 2.33. The van der Waals surface area contributed by atoms with Crippen LogP contribution in [-0.2, 0) is 6.18 Å². The van der Waals surface area contributed by atoms with Crippen molar-refractivity contribution < 1.29 is 18.0 Å². The summed E-state index contributed by atoms with van der Waals surface area (Å²) in [6, 6.07) is 3.08. The molecule has 20 heavy (non-hydrogen) atoms. The summed E-state index contributed by atoms with van der Waals surface area (Å²) in [5.41, 5.74) is 3.88. The van der Waals surface area contributed by atoms with E-state index in [0.717, 1.165) is 24.3 Å². The third kappa shape index (κ3) is 4.63. The number of nitrogen functional groups attached to an aromatic ring is 1. The average molecular weight is 306 g/mol. The first-order valence-electron chi connectivity index (χ1n) is 6.02. The molecule has 0 radical (unpaired) electrons. The van der Waals surface area contributed by atoms with Crippen LogP contribution >= 0.6 is 11.8 Å². The second kappa shape index (κ2) is 6.88. The maximum Gasteiger partial charge on any atom is 0.418 e. The molecule has 0 spiro atoms. The van der Waals surface area contributed by atoms with Gasteiger partial charge >= 0.3 is 6.18 Å². The summed E-state index contributed by atoms with van der Waals surface area (Å²) < 4.78 is 38.1. The summed E-state index contributed by atoms with van der Waals surface area (Å²) in [7, 11) is 0. The van der Waals surface area contributed by atoms with Gasteiger partial charge in [0.15, 0.2) is 0 Å². The van der Waals surface area contributed by atoms with Gasteiger partial charge in [-0.2, -0.15) is 24.9 Å². The molecule has 1 amide bonds. The van der Waals surface area contributed by atoms with Gasteiger partial charge in [0.05, 0.1) is 5.56 Å². The molecule has 0 aromatic heterocycles. The average Bonchev–Trinajstić information content (AvgIpc) is 2.35. The highest BCUT2D eigenvalue weighted by atomic mass is 32.2. The second-order valence-electron chi connectivity index (χ2n) is 4.46. The van der Waals surface area contributed by atoms with Crippen LogP contribution in [0.25, 0.3) is 0 Å². The Balaban J connectivity index is 2.84. The van der Waals surface area contributed by atoms with Gasteiger partial charge in [-0.3, -0.25) is 4.79 Å². The molecule has 0 aliphatic rings. The fraction of sp³-hybridized carbons (Fsp3) is 0.462. The molecule has 1 aromatic rings. The third-order valence-electron chi connectivity index (χ3n) is 2.75. The lowest BCUT2D eigenvalue weighted by Crippen LogP contribution is -2.33. The lowest BCUT2D eigenvalue weighted by Gasteiger charge is -2.15. The third-order valence-corrected chi connectivity index (χ3v) is 3.40. The number of amides is 1. The van der Waals surface area contributed by atoms with E-state index in [9.17, 15) is 18.0 Å². The molecule has 0 saturated heterocycles. The van der Waals surface area contributed by atoms with E-state index in [1.807, 2.05) is 13.2 Å². The summed E-state index contributed by atoms with van der Waals surface area (Å²) in [5.74, 6) is 0.348. The molecule has 3 N–H and O–H groups in total. The molecular weight excluding hydrogens is 289 g/mol. The zero-order valence-electron chi connectivity index (χ0n) is 11.3. The Labute approximate surface area is 120 Å². The first kappa shape index (κ1) is 16.7. The van der Waals surface area contributed by atoms with Gasteiger partial charge in [0.1, 0.15) is 0 Å². The van der Waals surface area contributed by atoms with Gasteiger partial charge in [0.2, 0.25) is 0 Å². The number of nitrogens with one attached hydrogen (secondary N) is 1. The number of nitrogens with two attached hydrogens (primary N) is 1. The highest BCUT2D eigenvalue weighted by Crippen LogP contribution is 2.33. The molecule has 0 fully saturated rings. The van der Waals surface area contributed by atoms with E-state index in [2.05, 4.69) is 5.32 Å². The first-order valence-corrected chi connectivity index (χ1v) is 7.41. The van der Waals surface area contributed by atoms with Crippen molar-refractivity contribution in [1.82, 2.24) is 5.32 Å². The van der Waals surface area contributed by atoms with Crippen LogP contribution in [0.4, 0.5) is 18.9 Å². The van der Waals surface area contributed by atoms with E-state index in [1.54, 1.807) is 11.8 Å². The Morgan fingerprint density at radius 3 is 2.65 bits per heavy atom. The Morgan fingerprint density at radius 1 is 1.45 bits per heavy atom. The van der Waals surface area contributed by atoms with Crippen molar-refractivity contribution in [3.05, 3.63) is 29.3 Å². The van der Waals surface area contributed by atoms with Crippen LogP contribution in [-0.4, -0.2) is 24.0 Å². The SMILES string of the molecule is CSCCC(C)NC(=O)c1ccc(N)c(C(F)(F)F)c1. The maximum atomic E-state index is 12.7. The number of hydrogen-bond donors (Lipinski definition) is 2. The smallest absolute Gasteiger partial charge is 0.398 e. The van der Waals surface area contributed by atoms with E-state index >= 15 is 0 Å². The maximum absolute atomic E-state index is 12.7. The lowest BCUT2D eigenvalue weighted by molar-refractivity contribution is -0.136. The van der Waals surface area contributed by atoms with Crippen LogP contribution in [0.3, 0.4) is 0 Å². The summed E-state index contributed by atoms with van der Waals surface area (Å²) in [4.78, 5) is 11.9. The Morgan fingerprint density at radius 2 is 2.10 bits per heavy atom. The zero-order valence-corrected chi connectivity index (χ0v) is 12.1. The summed E-state index contributed by atoms with van der Waals surface area (Å²) in [6.07, 6.45) is -1.86. The van der Waals surface area contributed by atoms with Crippen molar-refractivity contribution >= 4 is 23.4 Å². The van der Waals surface area contributed by atoms with E-state index in [0.29, 0.717) is 0 Å². The lowest BCUT2D eigenvalue weighted by atomic mass is 10.1. The standard InChI is InChI=1S/C13H17F3N2OS/c1-8(5-6-20-2)18-12(19)9-3-4-11(17)10(7-9)13(14,15)16/h3-4,7-8H,5-6,17H2,1-2H3,(H,18,19). The van der Waals surface area contributed by atoms with Crippen molar-refractivity contribution in [2.75, 3.05) is 17.7 Å². The number of benzene rings is 1. The second-order valence-corrected chi connectivity index (χ2v) is 5.44. The topological polar surface area (TPSA) is 55.1 Å². The molecule has 1 aromatic carbocycles. The molecule has 1 rings (SSSR count). The van der Waals surface area contributed by atoms with Gasteiger partial charge < -0.3 is 11.1 Å². The first-order chi connectivity index (χ1) is 9.25. The normalized spacial score (nSPS) is 13.1. The molecule has 0 aliphatic carbocycles. The van der Waals surface area contributed by atoms with Crippen LogP contribution in [0.1, 0.15) is 29.3 Å². The predicted octanol–water partition coefficient (Wildman–Crippen LogP) is 3.16. The fourth-order valence-corrected chi connectivity index (χ4v) is 2.21. The molecule has 0 saturated carbocycles. The van der Waals surface area contributed by atoms with Gasteiger partial charge in [-0.1, -0.05) is 0 Å². The molecule has 3 nitrogen and oxygen atoms in total. The highest BCUT2D eigenvalue weighted by molar-refractivity contribution is 7.98. The van der Waals surface area contributed by atoms with E-state index in [-0.39, 0.29) is 17.3 Å². The molecule has 7 heteroatoms. The van der Waals surface area contributed by atoms with Crippen molar-refractivity contribution in [2.24, 2.45) is 0 Å². The number of carbonyl (C=O) groups is 1. The zero-order chi connectivity index (χ0) is 15.3. The number of anilines is 1. The van der Waals surface area contributed by atoms with E-state index < -0.39 is 17.6 Å². The summed E-state index contributed by atoms with van der Waals surface area (Å²) in [5, 5.41) is 2.67. The number of thioether (sulfide) groups is 1. The minimum Gasteiger partial charge on any atom is -0.398 e. The van der Waals surface area contributed by atoms with Crippen LogP contribution in [0.2, 0.25) is 0 Å².